The summed E-state index contributed by atoms with van der Waals surface area (Å²) in [5.74, 6) is 0. The molecule has 1 saturated carbocycles. The normalized spacial score (nSPS) is 38.8. The van der Waals surface area contributed by atoms with Crippen LogP contribution in [0.15, 0.2) is 0 Å². The van der Waals surface area contributed by atoms with Crippen LogP contribution >= 0.6 is 0 Å². The zero-order valence-electron chi connectivity index (χ0n) is 9.33. The lowest BCUT2D eigenvalue weighted by atomic mass is 10.0. The number of nitrogens with zero attached hydrogens (tertiary/aromatic N) is 1. The molecule has 3 nitrogen and oxygen atoms in total. The van der Waals surface area contributed by atoms with Crippen molar-refractivity contribution in [2.75, 3.05) is 19.7 Å². The number of rotatable bonds is 1. The minimum absolute atomic E-state index is 0.0144. The Morgan fingerprint density at radius 1 is 1.36 bits per heavy atom. The topological polar surface area (TPSA) is 38.5 Å². The minimum atomic E-state index is 0.0144. The molecule has 2 N–H and O–H groups in total. The Kier molecular flexibility index (Phi) is 2.82. The van der Waals surface area contributed by atoms with E-state index in [2.05, 4.69) is 18.7 Å². The second kappa shape index (κ2) is 3.80. The summed E-state index contributed by atoms with van der Waals surface area (Å²) in [7, 11) is 0. The molecule has 2 atom stereocenters. The number of hydrogen-bond donors (Lipinski definition) is 1. The molecule has 0 aromatic carbocycles. The van der Waals surface area contributed by atoms with Crippen molar-refractivity contribution in [2.45, 2.75) is 50.8 Å². The Morgan fingerprint density at radius 3 is 2.71 bits per heavy atom. The predicted octanol–water partition coefficient (Wildman–Crippen LogP) is 0.977. The molecule has 3 heteroatoms. The van der Waals surface area contributed by atoms with E-state index >= 15 is 0 Å². The van der Waals surface area contributed by atoms with Crippen LogP contribution in [0.1, 0.15) is 33.1 Å². The van der Waals surface area contributed by atoms with Crippen LogP contribution in [0.3, 0.4) is 0 Å². The van der Waals surface area contributed by atoms with Crippen LogP contribution in [0.4, 0.5) is 0 Å². The Bertz CT molecular complexity index is 205. The summed E-state index contributed by atoms with van der Waals surface area (Å²) in [6.07, 6.45) is 3.77. The highest BCUT2D eigenvalue weighted by atomic mass is 16.5. The molecule has 14 heavy (non-hydrogen) atoms. The van der Waals surface area contributed by atoms with Crippen LogP contribution in [0.25, 0.3) is 0 Å². The van der Waals surface area contributed by atoms with E-state index < -0.39 is 0 Å². The first-order valence-corrected chi connectivity index (χ1v) is 5.72. The first kappa shape index (κ1) is 10.4. The van der Waals surface area contributed by atoms with Crippen molar-refractivity contribution in [1.82, 2.24) is 4.90 Å². The quantitative estimate of drug-likeness (QED) is 0.682. The predicted molar refractivity (Wildman–Crippen MR) is 57.2 cm³/mol. The van der Waals surface area contributed by atoms with Crippen molar-refractivity contribution in [1.29, 1.82) is 0 Å². The number of ether oxygens (including phenoxy) is 1. The molecule has 2 unspecified atom stereocenters. The van der Waals surface area contributed by atoms with E-state index in [0.717, 1.165) is 19.7 Å². The molecule has 0 aromatic rings. The van der Waals surface area contributed by atoms with Crippen molar-refractivity contribution >= 4 is 0 Å². The standard InChI is InChI=1S/C11H22N2O/c1-11(2)8-13(6-7-14-11)10-5-3-4-9(10)12/h9-10H,3-8,12H2,1-2H3. The highest BCUT2D eigenvalue weighted by molar-refractivity contribution is 4.92. The Morgan fingerprint density at radius 2 is 2.14 bits per heavy atom. The molecule has 1 saturated heterocycles. The van der Waals surface area contributed by atoms with E-state index in [1.54, 1.807) is 0 Å². The summed E-state index contributed by atoms with van der Waals surface area (Å²) in [5, 5.41) is 0. The monoisotopic (exact) mass is 198 g/mol. The van der Waals surface area contributed by atoms with Gasteiger partial charge in [-0.2, -0.15) is 0 Å². The molecular formula is C11H22N2O. The molecular weight excluding hydrogens is 176 g/mol. The zero-order valence-corrected chi connectivity index (χ0v) is 9.33. The molecule has 0 amide bonds. The molecule has 0 spiro atoms. The summed E-state index contributed by atoms with van der Waals surface area (Å²) in [4.78, 5) is 2.53. The lowest BCUT2D eigenvalue weighted by molar-refractivity contribution is -0.0976. The van der Waals surface area contributed by atoms with Gasteiger partial charge in [0, 0.05) is 25.2 Å². The number of hydrogen-bond acceptors (Lipinski definition) is 3. The van der Waals surface area contributed by atoms with Gasteiger partial charge in [0.1, 0.15) is 0 Å². The maximum atomic E-state index is 6.12. The summed E-state index contributed by atoms with van der Waals surface area (Å²) in [6, 6.07) is 1.00. The van der Waals surface area contributed by atoms with E-state index in [9.17, 15) is 0 Å². The average Bonchev–Trinajstić information content (AvgIpc) is 2.49. The van der Waals surface area contributed by atoms with E-state index in [1.807, 2.05) is 0 Å². The fraction of sp³-hybridized carbons (Fsp3) is 1.00. The van der Waals surface area contributed by atoms with E-state index in [0.29, 0.717) is 12.1 Å². The molecule has 0 aromatic heterocycles. The molecule has 2 rings (SSSR count). The second-order valence-corrected chi connectivity index (χ2v) is 5.24. The third-order valence-electron chi connectivity index (χ3n) is 3.46. The molecule has 2 aliphatic rings. The van der Waals surface area contributed by atoms with Crippen LogP contribution in [-0.4, -0.2) is 42.3 Å². The fourth-order valence-corrected chi connectivity index (χ4v) is 2.76. The third-order valence-corrected chi connectivity index (χ3v) is 3.46. The van der Waals surface area contributed by atoms with E-state index in [-0.39, 0.29) is 5.60 Å². The summed E-state index contributed by atoms with van der Waals surface area (Å²) >= 11 is 0. The van der Waals surface area contributed by atoms with Crippen molar-refractivity contribution in [3.05, 3.63) is 0 Å². The maximum absolute atomic E-state index is 6.12. The second-order valence-electron chi connectivity index (χ2n) is 5.24. The first-order chi connectivity index (χ1) is 6.58. The minimum Gasteiger partial charge on any atom is -0.373 e. The Labute approximate surface area is 86.6 Å². The van der Waals surface area contributed by atoms with E-state index in [1.165, 1.54) is 19.3 Å². The van der Waals surface area contributed by atoms with E-state index in [4.69, 9.17) is 10.5 Å². The Balaban J connectivity index is 1.97. The van der Waals surface area contributed by atoms with Gasteiger partial charge in [-0.1, -0.05) is 6.42 Å². The molecule has 0 bridgehead atoms. The summed E-state index contributed by atoms with van der Waals surface area (Å²) < 4.78 is 5.71. The molecule has 2 fully saturated rings. The van der Waals surface area contributed by atoms with Crippen LogP contribution in [0.5, 0.6) is 0 Å². The van der Waals surface area contributed by atoms with Crippen LogP contribution in [-0.2, 0) is 4.74 Å². The molecule has 1 heterocycles. The van der Waals surface area contributed by atoms with Gasteiger partial charge < -0.3 is 10.5 Å². The van der Waals surface area contributed by atoms with Crippen molar-refractivity contribution in [2.24, 2.45) is 5.73 Å². The lowest BCUT2D eigenvalue weighted by Crippen LogP contribution is -2.55. The Hall–Kier alpha value is -0.120. The lowest BCUT2D eigenvalue weighted by Gasteiger charge is -2.42. The average molecular weight is 198 g/mol. The van der Waals surface area contributed by atoms with Gasteiger partial charge in [-0.05, 0) is 26.7 Å². The number of morpholine rings is 1. The zero-order chi connectivity index (χ0) is 10.2. The first-order valence-electron chi connectivity index (χ1n) is 5.72. The number of nitrogens with two attached hydrogens (primary N) is 1. The molecule has 0 radical (unpaired) electrons. The van der Waals surface area contributed by atoms with Crippen LogP contribution < -0.4 is 5.73 Å². The third kappa shape index (κ3) is 2.10. The molecule has 82 valence electrons. The van der Waals surface area contributed by atoms with Gasteiger partial charge in [0.25, 0.3) is 0 Å². The smallest absolute Gasteiger partial charge is 0.0753 e. The molecule has 1 aliphatic heterocycles. The fourth-order valence-electron chi connectivity index (χ4n) is 2.76. The highest BCUT2D eigenvalue weighted by Crippen LogP contribution is 2.27. The van der Waals surface area contributed by atoms with Gasteiger partial charge in [-0.25, -0.2) is 0 Å². The van der Waals surface area contributed by atoms with Gasteiger partial charge in [0.15, 0.2) is 0 Å². The highest BCUT2D eigenvalue weighted by Gasteiger charge is 2.35. The van der Waals surface area contributed by atoms with Crippen molar-refractivity contribution in [3.8, 4) is 0 Å². The van der Waals surface area contributed by atoms with Crippen LogP contribution in [0.2, 0.25) is 0 Å². The van der Waals surface area contributed by atoms with Gasteiger partial charge in [-0.15, -0.1) is 0 Å². The van der Waals surface area contributed by atoms with Gasteiger partial charge >= 0.3 is 0 Å². The SMILES string of the molecule is CC1(C)CN(C2CCCC2N)CCO1. The van der Waals surface area contributed by atoms with Gasteiger partial charge in [0.2, 0.25) is 0 Å². The summed E-state index contributed by atoms with van der Waals surface area (Å²) in [6.45, 7) is 7.28. The van der Waals surface area contributed by atoms with Crippen molar-refractivity contribution < 1.29 is 4.74 Å². The van der Waals surface area contributed by atoms with Crippen molar-refractivity contribution in [3.63, 3.8) is 0 Å². The van der Waals surface area contributed by atoms with Gasteiger partial charge in [0.05, 0.1) is 12.2 Å². The maximum Gasteiger partial charge on any atom is 0.0753 e. The molecule has 1 aliphatic carbocycles. The van der Waals surface area contributed by atoms with Gasteiger partial charge in [-0.3, -0.25) is 4.90 Å². The summed E-state index contributed by atoms with van der Waals surface area (Å²) in [5.41, 5.74) is 6.13. The van der Waals surface area contributed by atoms with Crippen LogP contribution in [0, 0.1) is 0 Å². The largest absolute Gasteiger partial charge is 0.373 e.